The average molecular weight is 316 g/mol. The molecule has 3 aliphatic rings. The maximum atomic E-state index is 12.8. The van der Waals surface area contributed by atoms with Gasteiger partial charge in [0.25, 0.3) is 10.2 Å². The number of hydrogen-bond donors (Lipinski definition) is 1. The molecule has 1 N–H and O–H groups in total. The van der Waals surface area contributed by atoms with Crippen LogP contribution in [0, 0.1) is 11.8 Å². The topological polar surface area (TPSA) is 60.9 Å². The van der Waals surface area contributed by atoms with Crippen LogP contribution in [-0.2, 0) is 10.2 Å². The normalized spacial score (nSPS) is 37.3. The third-order valence-electron chi connectivity index (χ3n) is 5.79. The predicted octanol–water partition coefficient (Wildman–Crippen LogP) is 1.59. The molecule has 3 fully saturated rings. The second-order valence-electron chi connectivity index (χ2n) is 7.13. The van der Waals surface area contributed by atoms with E-state index >= 15 is 0 Å². The van der Waals surface area contributed by atoms with Crippen molar-refractivity contribution in [3.8, 4) is 0 Å². The molecule has 2 atom stereocenters. The van der Waals surface area contributed by atoms with Crippen molar-refractivity contribution in [3.63, 3.8) is 0 Å². The first kappa shape index (κ1) is 15.7. The summed E-state index contributed by atoms with van der Waals surface area (Å²) in [5.41, 5.74) is -0.808. The summed E-state index contributed by atoms with van der Waals surface area (Å²) >= 11 is 0. The van der Waals surface area contributed by atoms with Crippen LogP contribution in [0.2, 0.25) is 0 Å². The van der Waals surface area contributed by atoms with Crippen molar-refractivity contribution in [2.75, 3.05) is 26.2 Å². The lowest BCUT2D eigenvalue weighted by molar-refractivity contribution is -0.0648. The molecular formula is C15H28N2O3S. The van der Waals surface area contributed by atoms with Gasteiger partial charge < -0.3 is 5.11 Å². The second kappa shape index (κ2) is 5.80. The summed E-state index contributed by atoms with van der Waals surface area (Å²) in [6, 6.07) is 0. The molecule has 1 aliphatic carbocycles. The third kappa shape index (κ3) is 2.76. The van der Waals surface area contributed by atoms with Crippen molar-refractivity contribution in [2.45, 2.75) is 57.5 Å². The lowest BCUT2D eigenvalue weighted by atomic mass is 9.69. The van der Waals surface area contributed by atoms with Crippen LogP contribution in [0.3, 0.4) is 0 Å². The van der Waals surface area contributed by atoms with Crippen molar-refractivity contribution in [2.24, 2.45) is 11.8 Å². The minimum atomic E-state index is -3.40. The lowest BCUT2D eigenvalue weighted by Gasteiger charge is -2.41. The molecule has 2 heterocycles. The molecule has 0 spiro atoms. The smallest absolute Gasteiger partial charge is 0.282 e. The van der Waals surface area contributed by atoms with E-state index in [1.807, 2.05) is 6.92 Å². The average Bonchev–Trinajstić information content (AvgIpc) is 2.57. The van der Waals surface area contributed by atoms with Gasteiger partial charge in [-0.05, 0) is 31.6 Å². The zero-order valence-corrected chi connectivity index (χ0v) is 13.8. The lowest BCUT2D eigenvalue weighted by Crippen LogP contribution is -2.49. The molecular weight excluding hydrogens is 288 g/mol. The Morgan fingerprint density at radius 3 is 2.14 bits per heavy atom. The number of β-amino-alcohol motifs (C(OH)–C–C–N with tert-alkyl or cyclic N) is 1. The third-order valence-corrected chi connectivity index (χ3v) is 7.74. The molecule has 0 amide bonds. The van der Waals surface area contributed by atoms with Crippen molar-refractivity contribution < 1.29 is 13.5 Å². The van der Waals surface area contributed by atoms with E-state index in [0.717, 1.165) is 38.5 Å². The highest BCUT2D eigenvalue weighted by atomic mass is 32.2. The fourth-order valence-electron chi connectivity index (χ4n) is 4.02. The zero-order valence-electron chi connectivity index (χ0n) is 13.0. The summed E-state index contributed by atoms with van der Waals surface area (Å²) in [5.74, 6) is 0.321. The maximum absolute atomic E-state index is 12.8. The number of nitrogens with zero attached hydrogens (tertiary/aromatic N) is 2. The summed E-state index contributed by atoms with van der Waals surface area (Å²) < 4.78 is 28.9. The van der Waals surface area contributed by atoms with Gasteiger partial charge in [0.15, 0.2) is 0 Å². The fourth-order valence-corrected chi connectivity index (χ4v) is 5.85. The maximum Gasteiger partial charge on any atom is 0.282 e. The Bertz CT molecular complexity index is 469. The first-order chi connectivity index (χ1) is 9.94. The van der Waals surface area contributed by atoms with Crippen molar-refractivity contribution >= 4 is 10.2 Å². The van der Waals surface area contributed by atoms with Crippen LogP contribution >= 0.6 is 0 Å². The Morgan fingerprint density at radius 1 is 1.00 bits per heavy atom. The molecule has 21 heavy (non-hydrogen) atoms. The first-order valence-electron chi connectivity index (χ1n) is 8.42. The summed E-state index contributed by atoms with van der Waals surface area (Å²) in [4.78, 5) is 0. The first-order valence-corrected chi connectivity index (χ1v) is 9.82. The van der Waals surface area contributed by atoms with Gasteiger partial charge in [0.1, 0.15) is 0 Å². The second-order valence-corrected chi connectivity index (χ2v) is 9.06. The Kier molecular flexibility index (Phi) is 4.34. The van der Waals surface area contributed by atoms with Gasteiger partial charge in [-0.25, -0.2) is 0 Å². The Balaban J connectivity index is 1.74. The SMILES string of the molecule is C[C@@H]1CN(S(=O)(=O)N2CCCCCC2)C[C@@]1(O)C1CCC1. The predicted molar refractivity (Wildman–Crippen MR) is 82.0 cm³/mol. The van der Waals surface area contributed by atoms with Crippen LogP contribution in [-0.4, -0.2) is 53.9 Å². The molecule has 122 valence electrons. The summed E-state index contributed by atoms with van der Waals surface area (Å²) in [7, 11) is -3.40. The van der Waals surface area contributed by atoms with Crippen LogP contribution < -0.4 is 0 Å². The molecule has 0 aromatic rings. The van der Waals surface area contributed by atoms with Gasteiger partial charge >= 0.3 is 0 Å². The summed E-state index contributed by atoms with van der Waals surface area (Å²) in [6.45, 7) is 4.02. The van der Waals surface area contributed by atoms with E-state index in [9.17, 15) is 13.5 Å². The molecule has 6 heteroatoms. The van der Waals surface area contributed by atoms with Gasteiger partial charge in [0.05, 0.1) is 5.60 Å². The molecule has 0 bridgehead atoms. The van der Waals surface area contributed by atoms with Crippen LogP contribution in [0.15, 0.2) is 0 Å². The molecule has 0 unspecified atom stereocenters. The molecule has 0 aromatic heterocycles. The minimum absolute atomic E-state index is 0.0320. The zero-order chi connectivity index (χ0) is 15.1. The molecule has 5 nitrogen and oxygen atoms in total. The van der Waals surface area contributed by atoms with E-state index in [2.05, 4.69) is 0 Å². The molecule has 0 aromatic carbocycles. The van der Waals surface area contributed by atoms with Crippen molar-refractivity contribution in [1.29, 1.82) is 0 Å². The van der Waals surface area contributed by atoms with Crippen molar-refractivity contribution in [3.05, 3.63) is 0 Å². The fraction of sp³-hybridized carbons (Fsp3) is 1.00. The number of hydrogen-bond acceptors (Lipinski definition) is 3. The standard InChI is InChI=1S/C15H28N2O3S/c1-13-11-17(12-15(13,18)14-7-6-8-14)21(19,20)16-9-4-2-3-5-10-16/h13-14,18H,2-12H2,1H3/t13-,15+/m1/s1. The van der Waals surface area contributed by atoms with E-state index in [4.69, 9.17) is 0 Å². The quantitative estimate of drug-likeness (QED) is 0.860. The van der Waals surface area contributed by atoms with E-state index in [0.29, 0.717) is 19.6 Å². The van der Waals surface area contributed by atoms with E-state index in [1.165, 1.54) is 6.42 Å². The molecule has 3 rings (SSSR count). The Hall–Kier alpha value is -0.170. The van der Waals surface area contributed by atoms with Crippen LogP contribution in [0.4, 0.5) is 0 Å². The largest absolute Gasteiger partial charge is 0.388 e. The molecule has 0 radical (unpaired) electrons. The van der Waals surface area contributed by atoms with Crippen LogP contribution in [0.5, 0.6) is 0 Å². The van der Waals surface area contributed by atoms with Crippen LogP contribution in [0.25, 0.3) is 0 Å². The summed E-state index contributed by atoms with van der Waals surface area (Å²) in [5, 5.41) is 10.9. The monoisotopic (exact) mass is 316 g/mol. The van der Waals surface area contributed by atoms with Gasteiger partial charge in [0, 0.05) is 32.1 Å². The van der Waals surface area contributed by atoms with Gasteiger partial charge in [-0.15, -0.1) is 0 Å². The summed E-state index contributed by atoms with van der Waals surface area (Å²) in [6.07, 6.45) is 7.39. The number of rotatable bonds is 3. The molecule has 2 aliphatic heterocycles. The van der Waals surface area contributed by atoms with E-state index in [1.54, 1.807) is 8.61 Å². The Morgan fingerprint density at radius 2 is 1.62 bits per heavy atom. The Labute approximate surface area is 128 Å². The highest BCUT2D eigenvalue weighted by Crippen LogP contribution is 2.44. The van der Waals surface area contributed by atoms with Gasteiger partial charge in [0.2, 0.25) is 0 Å². The molecule has 1 saturated carbocycles. The minimum Gasteiger partial charge on any atom is -0.388 e. The van der Waals surface area contributed by atoms with Gasteiger partial charge in [-0.3, -0.25) is 0 Å². The highest BCUT2D eigenvalue weighted by Gasteiger charge is 2.53. The van der Waals surface area contributed by atoms with Crippen molar-refractivity contribution in [1.82, 2.24) is 8.61 Å². The van der Waals surface area contributed by atoms with E-state index in [-0.39, 0.29) is 18.4 Å². The number of aliphatic hydroxyl groups is 1. The van der Waals surface area contributed by atoms with Gasteiger partial charge in [-0.2, -0.15) is 17.0 Å². The van der Waals surface area contributed by atoms with E-state index < -0.39 is 15.8 Å². The molecule has 2 saturated heterocycles. The highest BCUT2D eigenvalue weighted by molar-refractivity contribution is 7.86. The van der Waals surface area contributed by atoms with Crippen LogP contribution in [0.1, 0.15) is 51.9 Å². The van der Waals surface area contributed by atoms with Gasteiger partial charge in [-0.1, -0.05) is 26.2 Å².